The Balaban J connectivity index is 1.72. The molecule has 3 atom stereocenters. The lowest BCUT2D eigenvalue weighted by atomic mass is 10.1. The van der Waals surface area contributed by atoms with Gasteiger partial charge in [-0.15, -0.1) is 5.10 Å². The molecular formula is C16H26N6O2. The summed E-state index contributed by atoms with van der Waals surface area (Å²) >= 11 is 0. The van der Waals surface area contributed by atoms with Crippen molar-refractivity contribution in [3.8, 4) is 0 Å². The molecule has 0 radical (unpaired) electrons. The van der Waals surface area contributed by atoms with E-state index in [4.69, 9.17) is 0 Å². The van der Waals surface area contributed by atoms with Crippen LogP contribution >= 0.6 is 0 Å². The molecule has 8 nitrogen and oxygen atoms in total. The van der Waals surface area contributed by atoms with Gasteiger partial charge in [0.1, 0.15) is 6.33 Å². The highest BCUT2D eigenvalue weighted by molar-refractivity contribution is 5.81. The van der Waals surface area contributed by atoms with Crippen LogP contribution in [0.15, 0.2) is 6.33 Å². The van der Waals surface area contributed by atoms with E-state index in [0.29, 0.717) is 29.8 Å². The number of aromatic nitrogens is 5. The van der Waals surface area contributed by atoms with Crippen molar-refractivity contribution in [3.63, 3.8) is 0 Å². The molecule has 0 aromatic carbocycles. The summed E-state index contributed by atoms with van der Waals surface area (Å²) < 4.78 is 1.76. The molecule has 1 aliphatic rings. The summed E-state index contributed by atoms with van der Waals surface area (Å²) in [6, 6.07) is 0.00875. The van der Waals surface area contributed by atoms with Gasteiger partial charge in [-0.1, -0.05) is 31.4 Å². The van der Waals surface area contributed by atoms with Crippen LogP contribution in [-0.4, -0.2) is 54.4 Å². The lowest BCUT2D eigenvalue weighted by molar-refractivity contribution is 0.0906. The second-order valence-electron chi connectivity index (χ2n) is 6.55. The van der Waals surface area contributed by atoms with E-state index in [1.807, 2.05) is 0 Å². The average Bonchev–Trinajstić information content (AvgIpc) is 3.18. The minimum atomic E-state index is -0.503. The van der Waals surface area contributed by atoms with Crippen LogP contribution in [0.5, 0.6) is 0 Å². The minimum Gasteiger partial charge on any atom is -0.396 e. The van der Waals surface area contributed by atoms with Gasteiger partial charge in [-0.25, -0.2) is 14.6 Å². The first kappa shape index (κ1) is 17.0. The molecule has 1 fully saturated rings. The van der Waals surface area contributed by atoms with Crippen molar-refractivity contribution < 1.29 is 10.2 Å². The smallest absolute Gasteiger partial charge is 0.184 e. The van der Waals surface area contributed by atoms with Crippen LogP contribution in [0.2, 0.25) is 0 Å². The second-order valence-corrected chi connectivity index (χ2v) is 6.55. The summed E-state index contributed by atoms with van der Waals surface area (Å²) in [5.41, 5.74) is 1.34. The van der Waals surface area contributed by atoms with E-state index in [9.17, 15) is 10.2 Å². The molecule has 0 spiro atoms. The number of aliphatic hydroxyl groups is 2. The highest BCUT2D eigenvalue weighted by Gasteiger charge is 2.35. The maximum absolute atomic E-state index is 10.0. The maximum atomic E-state index is 10.0. The van der Waals surface area contributed by atoms with Crippen molar-refractivity contribution in [2.24, 2.45) is 5.92 Å². The summed E-state index contributed by atoms with van der Waals surface area (Å²) in [6.07, 6.45) is 7.02. The zero-order valence-corrected chi connectivity index (χ0v) is 14.1. The molecule has 24 heavy (non-hydrogen) atoms. The first-order valence-electron chi connectivity index (χ1n) is 8.83. The minimum absolute atomic E-state index is 0.00875. The second kappa shape index (κ2) is 7.85. The predicted octanol–water partition coefficient (Wildman–Crippen LogP) is 1.52. The molecule has 2 aromatic rings. The van der Waals surface area contributed by atoms with Gasteiger partial charge in [0.05, 0.1) is 12.1 Å². The zero-order chi connectivity index (χ0) is 16.9. The molecule has 0 amide bonds. The van der Waals surface area contributed by atoms with E-state index in [-0.39, 0.29) is 18.6 Å². The van der Waals surface area contributed by atoms with Gasteiger partial charge in [0, 0.05) is 19.1 Å². The molecule has 2 aromatic heterocycles. The Bertz CT molecular complexity index is 661. The SMILES string of the molecule is CCCCCCNc1ncnc2c1nnn2C1CC(O)C(CO)C1. The first-order valence-corrected chi connectivity index (χ1v) is 8.83. The van der Waals surface area contributed by atoms with Crippen LogP contribution in [0.1, 0.15) is 51.5 Å². The normalized spacial score (nSPS) is 23.9. The number of rotatable bonds is 8. The molecular weight excluding hydrogens is 308 g/mol. The van der Waals surface area contributed by atoms with E-state index in [1.54, 1.807) is 4.68 Å². The van der Waals surface area contributed by atoms with Crippen LogP contribution in [0, 0.1) is 5.92 Å². The number of aliphatic hydroxyl groups excluding tert-OH is 2. The summed E-state index contributed by atoms with van der Waals surface area (Å²) in [5.74, 6) is 0.604. The Morgan fingerprint density at radius 1 is 1.25 bits per heavy atom. The standard InChI is InChI=1S/C16H26N6O2/c1-2-3-4-5-6-17-15-14-16(19-10-18-15)22(21-20-14)12-7-11(9-23)13(24)8-12/h10-13,23-24H,2-9H2,1H3,(H,17,18,19). The Morgan fingerprint density at radius 3 is 2.88 bits per heavy atom. The zero-order valence-electron chi connectivity index (χ0n) is 14.1. The van der Waals surface area contributed by atoms with Crippen LogP contribution in [-0.2, 0) is 0 Å². The summed E-state index contributed by atoms with van der Waals surface area (Å²) in [4.78, 5) is 8.61. The highest BCUT2D eigenvalue weighted by atomic mass is 16.3. The molecule has 0 bridgehead atoms. The van der Waals surface area contributed by atoms with E-state index in [0.717, 1.165) is 13.0 Å². The molecule has 132 valence electrons. The average molecular weight is 334 g/mol. The number of unbranched alkanes of at least 4 members (excludes halogenated alkanes) is 3. The van der Waals surface area contributed by atoms with Crippen molar-refractivity contribution in [3.05, 3.63) is 6.33 Å². The highest BCUT2D eigenvalue weighted by Crippen LogP contribution is 2.35. The number of nitrogens with one attached hydrogen (secondary N) is 1. The van der Waals surface area contributed by atoms with Crippen molar-refractivity contribution in [1.29, 1.82) is 0 Å². The first-order chi connectivity index (χ1) is 11.7. The van der Waals surface area contributed by atoms with E-state index >= 15 is 0 Å². The van der Waals surface area contributed by atoms with Crippen LogP contribution in [0.4, 0.5) is 5.82 Å². The largest absolute Gasteiger partial charge is 0.396 e. The third-order valence-corrected chi connectivity index (χ3v) is 4.80. The topological polar surface area (TPSA) is 109 Å². The molecule has 3 N–H and O–H groups in total. The van der Waals surface area contributed by atoms with Gasteiger partial charge in [0.2, 0.25) is 0 Å². The fraction of sp³-hybridized carbons (Fsp3) is 0.750. The van der Waals surface area contributed by atoms with Crippen LogP contribution in [0.25, 0.3) is 11.2 Å². The fourth-order valence-electron chi connectivity index (χ4n) is 3.37. The molecule has 0 aliphatic heterocycles. The lowest BCUT2D eigenvalue weighted by Crippen LogP contribution is -2.16. The molecule has 3 rings (SSSR count). The lowest BCUT2D eigenvalue weighted by Gasteiger charge is -2.10. The summed E-state index contributed by atoms with van der Waals surface area (Å²) in [7, 11) is 0. The Labute approximate surface area is 141 Å². The molecule has 3 unspecified atom stereocenters. The molecule has 1 aliphatic carbocycles. The van der Waals surface area contributed by atoms with Gasteiger partial charge in [-0.05, 0) is 19.3 Å². The summed E-state index contributed by atoms with van der Waals surface area (Å²) in [5, 5.41) is 31.1. The molecule has 8 heteroatoms. The van der Waals surface area contributed by atoms with E-state index < -0.39 is 6.10 Å². The van der Waals surface area contributed by atoms with Crippen molar-refractivity contribution in [2.75, 3.05) is 18.5 Å². The number of anilines is 1. The van der Waals surface area contributed by atoms with E-state index in [1.165, 1.54) is 25.6 Å². The number of hydrogen-bond acceptors (Lipinski definition) is 7. The van der Waals surface area contributed by atoms with Gasteiger partial charge in [-0.2, -0.15) is 0 Å². The Kier molecular flexibility index (Phi) is 5.57. The van der Waals surface area contributed by atoms with E-state index in [2.05, 4.69) is 32.5 Å². The third-order valence-electron chi connectivity index (χ3n) is 4.80. The number of fused-ring (bicyclic) bond motifs is 1. The van der Waals surface area contributed by atoms with Gasteiger partial charge >= 0.3 is 0 Å². The Hall–Kier alpha value is -1.80. The Morgan fingerprint density at radius 2 is 2.12 bits per heavy atom. The quantitative estimate of drug-likeness (QED) is 0.628. The fourth-order valence-corrected chi connectivity index (χ4v) is 3.37. The molecule has 1 saturated carbocycles. The van der Waals surface area contributed by atoms with Crippen molar-refractivity contribution in [1.82, 2.24) is 25.0 Å². The van der Waals surface area contributed by atoms with Gasteiger partial charge < -0.3 is 15.5 Å². The summed E-state index contributed by atoms with van der Waals surface area (Å²) in [6.45, 7) is 3.04. The van der Waals surface area contributed by atoms with Gasteiger partial charge in [0.15, 0.2) is 17.0 Å². The van der Waals surface area contributed by atoms with Crippen molar-refractivity contribution in [2.45, 2.75) is 57.6 Å². The number of nitrogens with zero attached hydrogens (tertiary/aromatic N) is 5. The van der Waals surface area contributed by atoms with Crippen LogP contribution < -0.4 is 5.32 Å². The third kappa shape index (κ3) is 3.49. The molecule has 0 saturated heterocycles. The number of hydrogen-bond donors (Lipinski definition) is 3. The van der Waals surface area contributed by atoms with Crippen molar-refractivity contribution >= 4 is 17.0 Å². The monoisotopic (exact) mass is 334 g/mol. The molecule has 2 heterocycles. The predicted molar refractivity (Wildman–Crippen MR) is 90.6 cm³/mol. The maximum Gasteiger partial charge on any atom is 0.184 e. The van der Waals surface area contributed by atoms with Gasteiger partial charge in [0.25, 0.3) is 0 Å². The van der Waals surface area contributed by atoms with Crippen LogP contribution in [0.3, 0.4) is 0 Å². The van der Waals surface area contributed by atoms with Gasteiger partial charge in [-0.3, -0.25) is 0 Å².